The molecule has 0 spiro atoms. The largest absolute Gasteiger partial charge is 0.305 e. The van der Waals surface area contributed by atoms with Crippen molar-refractivity contribution in [3.63, 3.8) is 0 Å². The minimum Gasteiger partial charge on any atom is -0.305 e. The number of benzene rings is 12. The van der Waals surface area contributed by atoms with Crippen LogP contribution in [0.25, 0.3) is 135 Å². The predicted octanol–water partition coefficient (Wildman–Crippen LogP) is 31.7. The zero-order chi connectivity index (χ0) is 97.4. The van der Waals surface area contributed by atoms with Crippen molar-refractivity contribution in [2.45, 2.75) is 154 Å². The van der Waals surface area contributed by atoms with E-state index in [1.807, 2.05) is 207 Å². The molecule has 0 bridgehead atoms. The number of hydrogen-bond donors (Lipinski definition) is 0. The normalized spacial score (nSPS) is 13.5. The average molecular weight is 2630 g/mol. The van der Waals surface area contributed by atoms with Gasteiger partial charge in [0.05, 0.1) is 0 Å². The SMILES string of the molecule is CC1(C)CCC(C)(C)c2cc(-c3[c-]cccc3)ncc21.[Ir].[Ir].[Ir].[Ir].[c-]1c2c(c3c(c1-c1ccccn1)Cc1ccccc1-3)CCCC2.[c-]1ccc2c(c1-c1ccccn1)Cc1cc3c(cc1-2)CCCC3.[c-]1ccc2c(c1-c1ccccn1)Cc1ccc3c(c1-2)CCCC3.[c-]1ccc2c(c1-c1ccccn1)Cc1ccccc1-2.[c-]1ccccc1-c1ccccn1.[c-]1ccccc1-c1ccccn1.[c-]1ccccc1-c1ccccn1. The predicted molar refractivity (Wildman–Crippen MR) is 586 cm³/mol. The molecule has 0 saturated carbocycles. The van der Waals surface area contributed by atoms with Crippen LogP contribution in [0.5, 0.6) is 0 Å². The van der Waals surface area contributed by atoms with E-state index in [0.29, 0.717) is 0 Å². The molecule has 0 saturated heterocycles. The fourth-order valence-electron chi connectivity index (χ4n) is 21.8. The van der Waals surface area contributed by atoms with Gasteiger partial charge in [-0.15, -0.1) is 260 Å². The van der Waals surface area contributed by atoms with Crippen molar-refractivity contribution < 1.29 is 80.4 Å². The van der Waals surface area contributed by atoms with Gasteiger partial charge >= 0.3 is 0 Å². The molecule has 0 aliphatic heterocycles. The molecule has 20 aromatic rings. The molecular formula is C136H112Ir4N8-8. The molecule has 8 aliphatic rings. The van der Waals surface area contributed by atoms with Crippen LogP contribution in [0, 0.1) is 48.5 Å². The Balaban J connectivity index is 0.000000116. The van der Waals surface area contributed by atoms with Crippen molar-refractivity contribution in [1.82, 2.24) is 39.9 Å². The number of fused-ring (bicyclic) bond motifs is 18. The first kappa shape index (κ1) is 106. The molecule has 0 fully saturated rings. The van der Waals surface area contributed by atoms with Gasteiger partial charge in [0, 0.05) is 130 Å². The van der Waals surface area contributed by atoms with Gasteiger partial charge in [0.2, 0.25) is 0 Å². The van der Waals surface area contributed by atoms with E-state index in [1.165, 1.54) is 200 Å². The monoisotopic (exact) mass is 2630 g/mol. The Kier molecular flexibility index (Phi) is 35.7. The van der Waals surface area contributed by atoms with Gasteiger partial charge in [-0.25, -0.2) is 0 Å². The van der Waals surface area contributed by atoms with Crippen molar-refractivity contribution in [3.05, 3.63) is 527 Å². The van der Waals surface area contributed by atoms with E-state index >= 15 is 0 Å². The van der Waals surface area contributed by atoms with Gasteiger partial charge in [-0.05, 0) is 273 Å². The molecule has 0 N–H and O–H groups in total. The van der Waals surface area contributed by atoms with Crippen LogP contribution in [0.1, 0.15) is 168 Å². The molecule has 12 heteroatoms. The van der Waals surface area contributed by atoms with Crippen LogP contribution in [0.15, 0.2) is 389 Å². The Hall–Kier alpha value is -13.6. The van der Waals surface area contributed by atoms with Crippen LogP contribution in [0.3, 0.4) is 0 Å². The van der Waals surface area contributed by atoms with Gasteiger partial charge in [-0.2, -0.15) is 0 Å². The summed E-state index contributed by atoms with van der Waals surface area (Å²) >= 11 is 0. The van der Waals surface area contributed by atoms with E-state index in [0.717, 1.165) is 111 Å². The summed E-state index contributed by atoms with van der Waals surface area (Å²) in [5, 5.41) is 0. The summed E-state index contributed by atoms with van der Waals surface area (Å²) in [7, 11) is 0. The molecule has 8 aliphatic carbocycles. The standard InChI is InChI=1S/3C22H18N.C19H22N.C18H12N.3C11H8N.4Ir/c1-3-9-17-15(7-1)13-19(21-11-5-6-12-23-21)20-14-16-8-2-4-10-18(16)22(17)20;1-2-7-17-15(6-1)11-12-16-14-20-18(21-10-3-4-13-23-21)8-5-9-19(20)22(16)17;1-2-7-16-13-20-17(12-15(16)6-1)14-21-18(20)8-5-9-19(21)22-10-3-4-11-23-22;1-18(2)10-11-19(3,4)16-13-20-17(12-15(16)18)14-8-6-5-7-9-14;1-2-7-14-13(6-1)12-17-15(14)8-5-9-16(17)18-10-3-4-11-19-18;3*1-2-6-10(7-3-1)11-8-4-5-9-12-11;;;;/h2,4-6,8,10-12H,1,3,7,9,14H2;3-5,9-13H,1-2,6-7,14H2;3-5,8,10-13H,1-2,6-7,14H2;5-8,12-13H,10-11H2,1-4H3;1-8,10-11H,12H2;3*1-6,8-9H;;;;/q8*-1;;;;. The van der Waals surface area contributed by atoms with Crippen LogP contribution < -0.4 is 0 Å². The van der Waals surface area contributed by atoms with Crippen LogP contribution >= 0.6 is 0 Å². The van der Waals surface area contributed by atoms with Gasteiger partial charge in [0.15, 0.2) is 0 Å². The Labute approximate surface area is 927 Å². The van der Waals surface area contributed by atoms with E-state index in [1.54, 1.807) is 46.4 Å². The Morgan fingerprint density at radius 2 is 0.574 bits per heavy atom. The topological polar surface area (TPSA) is 103 Å². The molecule has 8 heterocycles. The summed E-state index contributed by atoms with van der Waals surface area (Å²) in [4.78, 5) is 35.5. The van der Waals surface area contributed by atoms with Gasteiger partial charge in [0.25, 0.3) is 0 Å². The van der Waals surface area contributed by atoms with E-state index in [9.17, 15) is 0 Å². The summed E-state index contributed by atoms with van der Waals surface area (Å²) in [6, 6.07) is 142. The fourth-order valence-corrected chi connectivity index (χ4v) is 21.8. The molecular weight excluding hydrogens is 2510 g/mol. The molecule has 8 aromatic heterocycles. The second-order valence-corrected chi connectivity index (χ2v) is 39.2. The number of pyridine rings is 8. The van der Waals surface area contributed by atoms with Crippen molar-refractivity contribution in [1.29, 1.82) is 0 Å². The van der Waals surface area contributed by atoms with E-state index in [2.05, 4.69) is 275 Å². The quantitative estimate of drug-likeness (QED) is 0.139. The van der Waals surface area contributed by atoms with E-state index < -0.39 is 0 Å². The van der Waals surface area contributed by atoms with Crippen LogP contribution in [0.4, 0.5) is 0 Å². The Bertz CT molecular complexity index is 7530. The van der Waals surface area contributed by atoms with Gasteiger partial charge in [0.1, 0.15) is 0 Å². The molecule has 8 nitrogen and oxygen atoms in total. The first-order valence-electron chi connectivity index (χ1n) is 50.9. The van der Waals surface area contributed by atoms with Crippen molar-refractivity contribution >= 4 is 0 Å². The molecule has 4 radical (unpaired) electrons. The smallest absolute Gasteiger partial charge is 0.0201 e. The van der Waals surface area contributed by atoms with Crippen LogP contribution in [-0.4, -0.2) is 39.9 Å². The summed E-state index contributed by atoms with van der Waals surface area (Å²) in [5.74, 6) is 0. The average Bonchev–Trinajstić information content (AvgIpc) is 1.72. The van der Waals surface area contributed by atoms with Gasteiger partial charge < -0.3 is 39.9 Å². The number of nitrogens with zero attached hydrogens (tertiary/aromatic N) is 8. The van der Waals surface area contributed by atoms with Crippen molar-refractivity contribution in [2.75, 3.05) is 0 Å². The zero-order valence-electron chi connectivity index (χ0n) is 83.6. The maximum absolute atomic E-state index is 4.69. The third-order valence-corrected chi connectivity index (χ3v) is 29.1. The Morgan fingerprint density at radius 1 is 0.216 bits per heavy atom. The van der Waals surface area contributed by atoms with Crippen molar-refractivity contribution in [2.24, 2.45) is 0 Å². The maximum Gasteiger partial charge on any atom is 0.0201 e. The van der Waals surface area contributed by atoms with E-state index in [-0.39, 0.29) is 91.3 Å². The van der Waals surface area contributed by atoms with Gasteiger partial charge in [-0.3, -0.25) is 0 Å². The maximum atomic E-state index is 4.69. The summed E-state index contributed by atoms with van der Waals surface area (Å²) < 4.78 is 0. The molecule has 148 heavy (non-hydrogen) atoms. The molecule has 740 valence electrons. The molecule has 0 amide bonds. The first-order chi connectivity index (χ1) is 71.0. The van der Waals surface area contributed by atoms with Crippen molar-refractivity contribution in [3.8, 4) is 135 Å². The van der Waals surface area contributed by atoms with E-state index in [4.69, 9.17) is 4.98 Å². The summed E-state index contributed by atoms with van der Waals surface area (Å²) in [6.45, 7) is 9.35. The minimum absolute atomic E-state index is 0. The zero-order valence-corrected chi connectivity index (χ0v) is 93.2. The summed E-state index contributed by atoms with van der Waals surface area (Å²) in [6.07, 6.45) is 36.6. The third-order valence-electron chi connectivity index (χ3n) is 29.1. The second kappa shape index (κ2) is 50.0. The third kappa shape index (κ3) is 24.0. The first-order valence-corrected chi connectivity index (χ1v) is 50.9. The molecule has 12 aromatic carbocycles. The van der Waals surface area contributed by atoms with Gasteiger partial charge in [-0.1, -0.05) is 233 Å². The van der Waals surface area contributed by atoms with Crippen LogP contribution in [-0.2, 0) is 155 Å². The van der Waals surface area contributed by atoms with Crippen LogP contribution in [0.2, 0.25) is 0 Å². The summed E-state index contributed by atoms with van der Waals surface area (Å²) in [5.41, 5.74) is 52.3. The molecule has 0 atom stereocenters. The minimum atomic E-state index is 0. The number of rotatable bonds is 8. The second-order valence-electron chi connectivity index (χ2n) is 39.2. The molecule has 0 unspecified atom stereocenters. The number of aryl methyl sites for hydroxylation is 4. The number of hydrogen-bond acceptors (Lipinski definition) is 8. The fraction of sp³-hybridized carbons (Fsp3) is 0.176. The molecule has 28 rings (SSSR count). The number of aromatic nitrogens is 8. The Morgan fingerprint density at radius 3 is 1.05 bits per heavy atom.